The van der Waals surface area contributed by atoms with Crippen LogP contribution < -0.4 is 14.8 Å². The summed E-state index contributed by atoms with van der Waals surface area (Å²) in [6, 6.07) is 11.0. The van der Waals surface area contributed by atoms with Gasteiger partial charge in [-0.05, 0) is 25.1 Å². The molecule has 0 bridgehead atoms. The van der Waals surface area contributed by atoms with Gasteiger partial charge in [-0.3, -0.25) is 0 Å². The average molecular weight is 283 g/mol. The Morgan fingerprint density at radius 3 is 2.86 bits per heavy atom. The van der Waals surface area contributed by atoms with E-state index in [-0.39, 0.29) is 0 Å². The third-order valence-corrected chi connectivity index (χ3v) is 2.91. The van der Waals surface area contributed by atoms with Crippen LogP contribution in [0.5, 0.6) is 11.5 Å². The lowest BCUT2D eigenvalue weighted by Crippen LogP contribution is -2.06. The normalized spacial score (nSPS) is 9.76. The monoisotopic (exact) mass is 283 g/mol. The molecule has 1 N–H and O–H groups in total. The molecule has 1 heterocycles. The van der Waals surface area contributed by atoms with Crippen LogP contribution in [-0.2, 0) is 6.61 Å². The van der Waals surface area contributed by atoms with E-state index in [9.17, 15) is 0 Å². The number of rotatable bonds is 6. The van der Waals surface area contributed by atoms with Crippen molar-refractivity contribution in [3.63, 3.8) is 0 Å². The van der Waals surface area contributed by atoms with Crippen molar-refractivity contribution in [1.29, 1.82) is 5.26 Å². The van der Waals surface area contributed by atoms with Gasteiger partial charge in [0.2, 0.25) is 0 Å². The molecule has 0 aliphatic rings. The molecule has 2 rings (SSSR count). The van der Waals surface area contributed by atoms with Gasteiger partial charge in [0.25, 0.3) is 0 Å². The van der Waals surface area contributed by atoms with Gasteiger partial charge in [-0.15, -0.1) is 0 Å². The van der Waals surface area contributed by atoms with Crippen molar-refractivity contribution >= 4 is 5.82 Å². The van der Waals surface area contributed by atoms with E-state index in [1.807, 2.05) is 19.1 Å². The first-order chi connectivity index (χ1) is 10.3. The zero-order valence-electron chi connectivity index (χ0n) is 12.1. The highest BCUT2D eigenvalue weighted by molar-refractivity contribution is 5.48. The largest absolute Gasteiger partial charge is 0.493 e. The van der Waals surface area contributed by atoms with E-state index >= 15 is 0 Å². The molecule has 0 aliphatic heterocycles. The first-order valence-electron chi connectivity index (χ1n) is 6.67. The molecule has 0 fully saturated rings. The molecule has 0 saturated heterocycles. The number of hydrogen-bond donors (Lipinski definition) is 1. The van der Waals surface area contributed by atoms with Gasteiger partial charge < -0.3 is 14.8 Å². The first-order valence-corrected chi connectivity index (χ1v) is 6.67. The number of ether oxygens (including phenoxy) is 2. The van der Waals surface area contributed by atoms with Crippen molar-refractivity contribution in [2.75, 3.05) is 19.0 Å². The van der Waals surface area contributed by atoms with Crippen LogP contribution in [0.3, 0.4) is 0 Å². The van der Waals surface area contributed by atoms with Crippen molar-refractivity contribution in [2.45, 2.75) is 13.5 Å². The molecule has 5 nitrogen and oxygen atoms in total. The number of nitrogens with zero attached hydrogens (tertiary/aromatic N) is 2. The number of nitrogens with one attached hydrogen (secondary N) is 1. The molecule has 1 aromatic carbocycles. The summed E-state index contributed by atoms with van der Waals surface area (Å²) in [5.74, 6) is 1.96. The third kappa shape index (κ3) is 3.63. The van der Waals surface area contributed by atoms with Crippen LogP contribution >= 0.6 is 0 Å². The molecule has 108 valence electrons. The van der Waals surface area contributed by atoms with Gasteiger partial charge in [-0.1, -0.05) is 6.07 Å². The molecule has 0 unspecified atom stereocenters. The topological polar surface area (TPSA) is 67.2 Å². The van der Waals surface area contributed by atoms with E-state index in [0.717, 1.165) is 17.9 Å². The van der Waals surface area contributed by atoms with Crippen molar-refractivity contribution in [3.05, 3.63) is 47.7 Å². The molecule has 21 heavy (non-hydrogen) atoms. The van der Waals surface area contributed by atoms with Crippen LogP contribution in [0.1, 0.15) is 18.1 Å². The number of anilines is 1. The smallest absolute Gasteiger partial charge is 0.162 e. The van der Waals surface area contributed by atoms with E-state index in [1.165, 1.54) is 0 Å². The maximum Gasteiger partial charge on any atom is 0.162 e. The molecular formula is C16H17N3O2. The van der Waals surface area contributed by atoms with Gasteiger partial charge >= 0.3 is 0 Å². The van der Waals surface area contributed by atoms with E-state index in [4.69, 9.17) is 14.7 Å². The molecule has 0 spiro atoms. The van der Waals surface area contributed by atoms with Gasteiger partial charge in [-0.25, -0.2) is 4.98 Å². The Labute approximate surface area is 124 Å². The summed E-state index contributed by atoms with van der Waals surface area (Å²) < 4.78 is 11.0. The second-order valence-electron chi connectivity index (χ2n) is 4.31. The predicted molar refractivity (Wildman–Crippen MR) is 80.4 cm³/mol. The Bertz CT molecular complexity index is 650. The number of benzene rings is 1. The summed E-state index contributed by atoms with van der Waals surface area (Å²) in [7, 11) is 1.55. The van der Waals surface area contributed by atoms with Crippen LogP contribution in [0.4, 0.5) is 5.82 Å². The van der Waals surface area contributed by atoms with Crippen LogP contribution in [0, 0.1) is 11.3 Å². The number of nitriles is 1. The van der Waals surface area contributed by atoms with Crippen LogP contribution in [-0.4, -0.2) is 18.6 Å². The highest BCUT2D eigenvalue weighted by atomic mass is 16.5. The average Bonchev–Trinajstić information content (AvgIpc) is 2.54. The lowest BCUT2D eigenvalue weighted by atomic mass is 10.2. The number of hydrogen-bond acceptors (Lipinski definition) is 5. The summed E-state index contributed by atoms with van der Waals surface area (Å²) in [4.78, 5) is 4.29. The Kier molecular flexibility index (Phi) is 4.99. The Balaban J connectivity index is 2.15. The van der Waals surface area contributed by atoms with Crippen LogP contribution in [0.25, 0.3) is 0 Å². The fraction of sp³-hybridized carbons (Fsp3) is 0.250. The second-order valence-corrected chi connectivity index (χ2v) is 4.31. The summed E-state index contributed by atoms with van der Waals surface area (Å²) in [5, 5.41) is 12.1. The summed E-state index contributed by atoms with van der Waals surface area (Å²) in [6.45, 7) is 3.19. The highest BCUT2D eigenvalue weighted by Crippen LogP contribution is 2.29. The minimum atomic E-state index is 0.373. The summed E-state index contributed by atoms with van der Waals surface area (Å²) in [6.07, 6.45) is 1.74. The summed E-state index contributed by atoms with van der Waals surface area (Å²) >= 11 is 0. The van der Waals surface area contributed by atoms with E-state index < -0.39 is 0 Å². The zero-order chi connectivity index (χ0) is 15.1. The van der Waals surface area contributed by atoms with E-state index in [1.54, 1.807) is 31.5 Å². The molecular weight excluding hydrogens is 266 g/mol. The van der Waals surface area contributed by atoms with Gasteiger partial charge in [0.05, 0.1) is 18.7 Å². The van der Waals surface area contributed by atoms with Crippen LogP contribution in [0.2, 0.25) is 0 Å². The second kappa shape index (κ2) is 7.15. The van der Waals surface area contributed by atoms with Crippen molar-refractivity contribution in [2.24, 2.45) is 0 Å². The predicted octanol–water partition coefficient (Wildman–Crippen LogP) is 2.97. The highest BCUT2D eigenvalue weighted by Gasteiger charge is 2.08. The molecule has 0 amide bonds. The third-order valence-electron chi connectivity index (χ3n) is 2.91. The Morgan fingerprint density at radius 1 is 1.29 bits per heavy atom. The lowest BCUT2D eigenvalue weighted by molar-refractivity contribution is 0.284. The molecule has 1 aromatic heterocycles. The molecule has 0 atom stereocenters. The van der Waals surface area contributed by atoms with Gasteiger partial charge in [-0.2, -0.15) is 5.26 Å². The standard InChI is InChI=1S/C16H17N3O2/c1-3-18-16-13(5-4-8-19-16)11-21-14-7-6-12(10-17)9-15(14)20-2/h4-9H,3,11H2,1-2H3,(H,18,19). The lowest BCUT2D eigenvalue weighted by Gasteiger charge is -2.13. The SMILES string of the molecule is CCNc1ncccc1COc1ccc(C#N)cc1OC. The molecule has 5 heteroatoms. The first kappa shape index (κ1) is 14.7. The minimum Gasteiger partial charge on any atom is -0.493 e. The Morgan fingerprint density at radius 2 is 2.14 bits per heavy atom. The molecule has 2 aromatic rings. The quantitative estimate of drug-likeness (QED) is 0.882. The Hall–Kier alpha value is -2.74. The van der Waals surface area contributed by atoms with Gasteiger partial charge in [0.15, 0.2) is 11.5 Å². The molecule has 0 aliphatic carbocycles. The molecule has 0 saturated carbocycles. The van der Waals surface area contributed by atoms with Gasteiger partial charge in [0.1, 0.15) is 12.4 Å². The molecule has 0 radical (unpaired) electrons. The number of aromatic nitrogens is 1. The maximum atomic E-state index is 8.89. The number of methoxy groups -OCH3 is 1. The van der Waals surface area contributed by atoms with Crippen LogP contribution in [0.15, 0.2) is 36.5 Å². The minimum absolute atomic E-state index is 0.373. The fourth-order valence-corrected chi connectivity index (χ4v) is 1.89. The zero-order valence-corrected chi connectivity index (χ0v) is 12.1. The van der Waals surface area contributed by atoms with Crippen molar-refractivity contribution in [3.8, 4) is 17.6 Å². The maximum absolute atomic E-state index is 8.89. The van der Waals surface area contributed by atoms with E-state index in [0.29, 0.717) is 23.7 Å². The summed E-state index contributed by atoms with van der Waals surface area (Å²) in [5.41, 5.74) is 1.50. The fourth-order valence-electron chi connectivity index (χ4n) is 1.89. The number of pyridine rings is 1. The van der Waals surface area contributed by atoms with Crippen molar-refractivity contribution in [1.82, 2.24) is 4.98 Å². The van der Waals surface area contributed by atoms with Crippen molar-refractivity contribution < 1.29 is 9.47 Å². The van der Waals surface area contributed by atoms with Gasteiger partial charge in [0, 0.05) is 24.4 Å². The van der Waals surface area contributed by atoms with E-state index in [2.05, 4.69) is 16.4 Å².